The van der Waals surface area contributed by atoms with E-state index in [1.165, 1.54) is 5.56 Å². The average Bonchev–Trinajstić information content (AvgIpc) is 2.82. The molecule has 1 aromatic heterocycles. The number of nitriles is 1. The third-order valence-electron chi connectivity index (χ3n) is 3.39. The largest absolute Gasteiger partial charge is 0.330 e. The van der Waals surface area contributed by atoms with Crippen LogP contribution in [0.3, 0.4) is 0 Å². The molecule has 0 unspecified atom stereocenters. The van der Waals surface area contributed by atoms with Crippen LogP contribution in [0.4, 0.5) is 0 Å². The molecule has 0 aliphatic heterocycles. The van der Waals surface area contributed by atoms with Gasteiger partial charge in [0, 0.05) is 5.69 Å². The van der Waals surface area contributed by atoms with Crippen molar-refractivity contribution in [1.82, 2.24) is 9.55 Å². The maximum atomic E-state index is 9.05. The van der Waals surface area contributed by atoms with Crippen molar-refractivity contribution in [3.05, 3.63) is 58.4 Å². The number of H-pyrrole nitrogens is 1. The molecular weight excluding hydrogens is 266 g/mol. The maximum absolute atomic E-state index is 9.05. The molecule has 1 heterocycles. The number of benzene rings is 2. The minimum Gasteiger partial charge on any atom is -0.330 e. The molecule has 0 radical (unpaired) electrons. The first-order valence-corrected chi connectivity index (χ1v) is 6.88. The van der Waals surface area contributed by atoms with E-state index in [9.17, 15) is 0 Å². The molecule has 0 saturated carbocycles. The molecular formula is C16H13N3S. The number of nitrogens with one attached hydrogen (secondary N) is 1. The lowest BCUT2D eigenvalue weighted by molar-refractivity contribution is 1.05. The average molecular weight is 279 g/mol. The van der Waals surface area contributed by atoms with E-state index < -0.39 is 0 Å². The van der Waals surface area contributed by atoms with Gasteiger partial charge in [-0.2, -0.15) is 5.26 Å². The van der Waals surface area contributed by atoms with Gasteiger partial charge in [0.2, 0.25) is 0 Å². The summed E-state index contributed by atoms with van der Waals surface area (Å²) in [6.07, 6.45) is 0.979. The lowest BCUT2D eigenvalue weighted by Gasteiger charge is -2.06. The first kappa shape index (κ1) is 12.6. The number of fused-ring (bicyclic) bond motifs is 1. The molecule has 0 amide bonds. The van der Waals surface area contributed by atoms with Crippen molar-refractivity contribution in [3.63, 3.8) is 0 Å². The Morgan fingerprint density at radius 3 is 2.85 bits per heavy atom. The van der Waals surface area contributed by atoms with Crippen LogP contribution in [-0.4, -0.2) is 9.55 Å². The number of aromatic nitrogens is 2. The second-order valence-corrected chi connectivity index (χ2v) is 5.02. The minimum atomic E-state index is 0.631. The van der Waals surface area contributed by atoms with Crippen molar-refractivity contribution >= 4 is 23.3 Å². The van der Waals surface area contributed by atoms with E-state index in [-0.39, 0.29) is 0 Å². The molecule has 98 valence electrons. The van der Waals surface area contributed by atoms with Crippen molar-refractivity contribution in [1.29, 1.82) is 5.26 Å². The van der Waals surface area contributed by atoms with Crippen LogP contribution in [0.2, 0.25) is 0 Å². The van der Waals surface area contributed by atoms with Gasteiger partial charge in [-0.15, -0.1) is 0 Å². The Bertz CT molecular complexity index is 881. The molecule has 1 N–H and O–H groups in total. The van der Waals surface area contributed by atoms with Crippen LogP contribution in [0.1, 0.15) is 18.1 Å². The summed E-state index contributed by atoms with van der Waals surface area (Å²) in [6, 6.07) is 16.0. The number of hydrogen-bond acceptors (Lipinski definition) is 2. The van der Waals surface area contributed by atoms with Crippen LogP contribution < -0.4 is 0 Å². The lowest BCUT2D eigenvalue weighted by atomic mass is 10.1. The van der Waals surface area contributed by atoms with Gasteiger partial charge in [0.05, 0.1) is 22.7 Å². The highest BCUT2D eigenvalue weighted by atomic mass is 32.1. The zero-order valence-corrected chi connectivity index (χ0v) is 11.9. The van der Waals surface area contributed by atoms with E-state index in [4.69, 9.17) is 17.5 Å². The van der Waals surface area contributed by atoms with E-state index >= 15 is 0 Å². The van der Waals surface area contributed by atoms with E-state index in [1.807, 2.05) is 28.8 Å². The fourth-order valence-electron chi connectivity index (χ4n) is 2.34. The number of aryl methyl sites for hydroxylation is 1. The van der Waals surface area contributed by atoms with E-state index in [1.54, 1.807) is 6.07 Å². The molecule has 3 aromatic rings. The number of aromatic amines is 1. The zero-order valence-electron chi connectivity index (χ0n) is 11.1. The van der Waals surface area contributed by atoms with Crippen molar-refractivity contribution < 1.29 is 0 Å². The van der Waals surface area contributed by atoms with Crippen LogP contribution in [0.5, 0.6) is 0 Å². The van der Waals surface area contributed by atoms with Crippen LogP contribution in [-0.2, 0) is 6.42 Å². The molecule has 3 nitrogen and oxygen atoms in total. The quantitative estimate of drug-likeness (QED) is 0.717. The Labute approximate surface area is 122 Å². The molecule has 0 aliphatic carbocycles. The highest BCUT2D eigenvalue weighted by Crippen LogP contribution is 2.21. The molecule has 4 heteroatoms. The van der Waals surface area contributed by atoms with Crippen LogP contribution in [0.25, 0.3) is 16.7 Å². The van der Waals surface area contributed by atoms with Crippen LogP contribution >= 0.6 is 12.2 Å². The second-order valence-electron chi connectivity index (χ2n) is 4.63. The molecule has 3 rings (SSSR count). The predicted octanol–water partition coefficient (Wildman–Crippen LogP) is 4.12. The maximum Gasteiger partial charge on any atom is 0.182 e. The van der Waals surface area contributed by atoms with Gasteiger partial charge in [-0.3, -0.25) is 4.57 Å². The van der Waals surface area contributed by atoms with Gasteiger partial charge >= 0.3 is 0 Å². The van der Waals surface area contributed by atoms with Crippen molar-refractivity contribution in [2.45, 2.75) is 13.3 Å². The highest BCUT2D eigenvalue weighted by molar-refractivity contribution is 7.71. The summed E-state index contributed by atoms with van der Waals surface area (Å²) >= 11 is 5.42. The molecule has 0 bridgehead atoms. The number of rotatable bonds is 2. The second kappa shape index (κ2) is 4.95. The van der Waals surface area contributed by atoms with Crippen LogP contribution in [0.15, 0.2) is 42.5 Å². The Balaban J connectivity index is 2.32. The van der Waals surface area contributed by atoms with Gasteiger partial charge in [0.1, 0.15) is 0 Å². The minimum absolute atomic E-state index is 0.631. The lowest BCUT2D eigenvalue weighted by Crippen LogP contribution is -1.95. The van der Waals surface area contributed by atoms with Gasteiger partial charge in [-0.05, 0) is 54.5 Å². The predicted molar refractivity (Wildman–Crippen MR) is 82.6 cm³/mol. The van der Waals surface area contributed by atoms with Gasteiger partial charge in [0.15, 0.2) is 4.77 Å². The number of hydrogen-bond donors (Lipinski definition) is 1. The molecule has 0 fully saturated rings. The fraction of sp³-hybridized carbons (Fsp3) is 0.125. The van der Waals surface area contributed by atoms with Gasteiger partial charge < -0.3 is 4.98 Å². The third kappa shape index (κ3) is 2.02. The molecule has 20 heavy (non-hydrogen) atoms. The first-order chi connectivity index (χ1) is 9.72. The van der Waals surface area contributed by atoms with Gasteiger partial charge in [-0.1, -0.05) is 19.1 Å². The number of imidazole rings is 1. The van der Waals surface area contributed by atoms with Gasteiger partial charge in [0.25, 0.3) is 0 Å². The van der Waals surface area contributed by atoms with E-state index in [0.717, 1.165) is 23.1 Å². The van der Waals surface area contributed by atoms with Crippen molar-refractivity contribution in [2.75, 3.05) is 0 Å². The molecule has 2 aromatic carbocycles. The van der Waals surface area contributed by atoms with E-state index in [2.05, 4.69) is 30.1 Å². The zero-order chi connectivity index (χ0) is 14.1. The normalized spacial score (nSPS) is 10.6. The fourth-order valence-corrected chi connectivity index (χ4v) is 2.66. The highest BCUT2D eigenvalue weighted by Gasteiger charge is 2.07. The Morgan fingerprint density at radius 1 is 1.25 bits per heavy atom. The number of nitrogens with zero attached hydrogens (tertiary/aromatic N) is 2. The summed E-state index contributed by atoms with van der Waals surface area (Å²) in [5, 5.41) is 9.05. The van der Waals surface area contributed by atoms with E-state index in [0.29, 0.717) is 10.3 Å². The van der Waals surface area contributed by atoms with Gasteiger partial charge in [-0.25, -0.2) is 0 Å². The summed E-state index contributed by atoms with van der Waals surface area (Å²) in [6.45, 7) is 2.13. The summed E-state index contributed by atoms with van der Waals surface area (Å²) in [7, 11) is 0. The monoisotopic (exact) mass is 279 g/mol. The summed E-state index contributed by atoms with van der Waals surface area (Å²) in [5.41, 5.74) is 4.79. The summed E-state index contributed by atoms with van der Waals surface area (Å²) in [4.78, 5) is 3.18. The smallest absolute Gasteiger partial charge is 0.182 e. The SMILES string of the molecule is CCc1cccc(-n2c(=S)[nH]c3ccc(C#N)cc32)c1. The third-order valence-corrected chi connectivity index (χ3v) is 3.67. The first-order valence-electron chi connectivity index (χ1n) is 6.47. The molecule has 0 atom stereocenters. The van der Waals surface area contributed by atoms with Crippen molar-refractivity contribution in [2.24, 2.45) is 0 Å². The van der Waals surface area contributed by atoms with Crippen molar-refractivity contribution in [3.8, 4) is 11.8 Å². The van der Waals surface area contributed by atoms with Crippen LogP contribution in [0, 0.1) is 16.1 Å². The summed E-state index contributed by atoms with van der Waals surface area (Å²) < 4.78 is 2.62. The summed E-state index contributed by atoms with van der Waals surface area (Å²) in [5.74, 6) is 0. The molecule has 0 spiro atoms. The topological polar surface area (TPSA) is 44.5 Å². The Hall–Kier alpha value is -2.38. The standard InChI is InChI=1S/C16H13N3S/c1-2-11-4-3-5-13(8-11)19-15-9-12(10-17)6-7-14(15)18-16(19)20/h3-9H,2H2,1H3,(H,18,20). The Morgan fingerprint density at radius 2 is 2.10 bits per heavy atom. The molecule has 0 saturated heterocycles. The molecule has 0 aliphatic rings. The Kier molecular flexibility index (Phi) is 3.13.